The average Bonchev–Trinajstić information content (AvgIpc) is 2.61. The second-order valence-electron chi connectivity index (χ2n) is 5.96. The summed E-state index contributed by atoms with van der Waals surface area (Å²) >= 11 is 0. The van der Waals surface area contributed by atoms with E-state index in [1.54, 1.807) is 0 Å². The average molecular weight is 341 g/mol. The Bertz CT molecular complexity index is 683. The number of nitrogens with one attached hydrogen (secondary N) is 1. The third-order valence-corrected chi connectivity index (χ3v) is 3.92. The number of benzene rings is 2. The summed E-state index contributed by atoms with van der Waals surface area (Å²) in [6, 6.07) is 16.7. The molecule has 5 nitrogen and oxygen atoms in total. The highest BCUT2D eigenvalue weighted by Crippen LogP contribution is 2.18. The van der Waals surface area contributed by atoms with Gasteiger partial charge in [0, 0.05) is 18.5 Å². The van der Waals surface area contributed by atoms with E-state index >= 15 is 0 Å². The van der Waals surface area contributed by atoms with Crippen molar-refractivity contribution in [3.05, 3.63) is 65.7 Å². The van der Waals surface area contributed by atoms with Crippen LogP contribution in [0.4, 0.5) is 5.69 Å². The normalized spacial score (nSPS) is 11.7. The Morgan fingerprint density at radius 3 is 2.28 bits per heavy atom. The van der Waals surface area contributed by atoms with Gasteiger partial charge in [0.05, 0.1) is 6.10 Å². The molecule has 5 heteroatoms. The highest BCUT2D eigenvalue weighted by Gasteiger charge is 2.10. The molecule has 1 atom stereocenters. The van der Waals surface area contributed by atoms with Crippen molar-refractivity contribution in [2.24, 2.45) is 0 Å². The van der Waals surface area contributed by atoms with Crippen molar-refractivity contribution in [1.29, 1.82) is 0 Å². The summed E-state index contributed by atoms with van der Waals surface area (Å²) in [5.74, 6) is -0.935. The van der Waals surface area contributed by atoms with Crippen LogP contribution in [0.15, 0.2) is 54.6 Å². The first kappa shape index (κ1) is 18.7. The van der Waals surface area contributed by atoms with Crippen molar-refractivity contribution in [3.63, 3.8) is 0 Å². The maximum absolute atomic E-state index is 12.0. The monoisotopic (exact) mass is 341 g/mol. The van der Waals surface area contributed by atoms with Crippen LogP contribution in [0.5, 0.6) is 0 Å². The number of carboxylic acid groups (broad SMARTS) is 1. The van der Waals surface area contributed by atoms with Gasteiger partial charge in [0.2, 0.25) is 5.91 Å². The summed E-state index contributed by atoms with van der Waals surface area (Å²) in [7, 11) is 0. The Morgan fingerprint density at radius 1 is 0.960 bits per heavy atom. The van der Waals surface area contributed by atoms with Gasteiger partial charge in [0.1, 0.15) is 0 Å². The summed E-state index contributed by atoms with van der Waals surface area (Å²) in [6.45, 7) is 0. The van der Waals surface area contributed by atoms with E-state index < -0.39 is 12.1 Å². The molecule has 0 radical (unpaired) electrons. The first-order chi connectivity index (χ1) is 12.0. The zero-order valence-electron chi connectivity index (χ0n) is 14.0. The van der Waals surface area contributed by atoms with Crippen molar-refractivity contribution in [2.75, 3.05) is 5.32 Å². The van der Waals surface area contributed by atoms with E-state index in [1.807, 2.05) is 54.6 Å². The molecule has 0 bridgehead atoms. The molecule has 0 aliphatic carbocycles. The van der Waals surface area contributed by atoms with Crippen LogP contribution >= 0.6 is 0 Å². The number of anilines is 1. The number of carbonyl (C=O) groups excluding carboxylic acids is 1. The number of aliphatic hydroxyl groups is 1. The summed E-state index contributed by atoms with van der Waals surface area (Å²) in [5.41, 5.74) is 2.54. The molecule has 1 amide bonds. The maximum Gasteiger partial charge on any atom is 0.303 e. The van der Waals surface area contributed by atoms with Gasteiger partial charge in [0.25, 0.3) is 0 Å². The Balaban J connectivity index is 1.75. The fourth-order valence-electron chi connectivity index (χ4n) is 2.53. The van der Waals surface area contributed by atoms with Gasteiger partial charge in [0.15, 0.2) is 0 Å². The van der Waals surface area contributed by atoms with Crippen molar-refractivity contribution in [2.45, 2.75) is 38.2 Å². The highest BCUT2D eigenvalue weighted by molar-refractivity contribution is 5.90. The number of rotatable bonds is 9. The number of amides is 1. The predicted molar refractivity (Wildman–Crippen MR) is 96.3 cm³/mol. The van der Waals surface area contributed by atoms with Gasteiger partial charge in [-0.1, -0.05) is 42.5 Å². The first-order valence-corrected chi connectivity index (χ1v) is 8.38. The van der Waals surface area contributed by atoms with E-state index in [0.717, 1.165) is 11.1 Å². The van der Waals surface area contributed by atoms with Gasteiger partial charge < -0.3 is 15.5 Å². The lowest BCUT2D eigenvalue weighted by molar-refractivity contribution is -0.137. The minimum atomic E-state index is -0.790. The molecule has 0 saturated heterocycles. The topological polar surface area (TPSA) is 86.6 Å². The number of aliphatic hydroxyl groups excluding tert-OH is 1. The van der Waals surface area contributed by atoms with Crippen LogP contribution in [0.3, 0.4) is 0 Å². The minimum Gasteiger partial charge on any atom is -0.481 e. The van der Waals surface area contributed by atoms with E-state index in [4.69, 9.17) is 5.11 Å². The highest BCUT2D eigenvalue weighted by atomic mass is 16.4. The molecule has 2 rings (SSSR count). The molecule has 0 aromatic heterocycles. The second kappa shape index (κ2) is 9.59. The summed E-state index contributed by atoms with van der Waals surface area (Å²) in [4.78, 5) is 22.5. The molecule has 3 N–H and O–H groups in total. The van der Waals surface area contributed by atoms with E-state index in [-0.39, 0.29) is 18.7 Å². The molecular formula is C20H23NO4. The van der Waals surface area contributed by atoms with E-state index in [0.29, 0.717) is 24.9 Å². The number of hydrogen-bond donors (Lipinski definition) is 3. The second-order valence-corrected chi connectivity index (χ2v) is 5.96. The summed E-state index contributed by atoms with van der Waals surface area (Å²) in [5, 5.41) is 21.5. The zero-order valence-corrected chi connectivity index (χ0v) is 14.0. The smallest absolute Gasteiger partial charge is 0.303 e. The number of hydrogen-bond acceptors (Lipinski definition) is 3. The maximum atomic E-state index is 12.0. The SMILES string of the molecule is O=C(O)CCCc1ccc(NC(=O)CCC(O)c2ccccc2)cc1. The van der Waals surface area contributed by atoms with Gasteiger partial charge in [-0.3, -0.25) is 9.59 Å². The molecule has 0 saturated carbocycles. The van der Waals surface area contributed by atoms with Gasteiger partial charge >= 0.3 is 5.97 Å². The fraction of sp³-hybridized carbons (Fsp3) is 0.300. The lowest BCUT2D eigenvalue weighted by Gasteiger charge is -2.11. The third kappa shape index (κ3) is 6.77. The molecule has 0 heterocycles. The summed E-state index contributed by atoms with van der Waals surface area (Å²) < 4.78 is 0. The quantitative estimate of drug-likeness (QED) is 0.651. The molecule has 0 aliphatic heterocycles. The molecular weight excluding hydrogens is 318 g/mol. The van der Waals surface area contributed by atoms with Crippen LogP contribution < -0.4 is 5.32 Å². The largest absolute Gasteiger partial charge is 0.481 e. The van der Waals surface area contributed by atoms with Crippen molar-refractivity contribution in [3.8, 4) is 0 Å². The third-order valence-electron chi connectivity index (χ3n) is 3.92. The van der Waals surface area contributed by atoms with Crippen LogP contribution in [0, 0.1) is 0 Å². The van der Waals surface area contributed by atoms with Crippen molar-refractivity contribution >= 4 is 17.6 Å². The van der Waals surface area contributed by atoms with Crippen molar-refractivity contribution < 1.29 is 19.8 Å². The molecule has 2 aromatic carbocycles. The first-order valence-electron chi connectivity index (χ1n) is 8.38. The number of carbonyl (C=O) groups is 2. The van der Waals surface area contributed by atoms with Gasteiger partial charge in [-0.15, -0.1) is 0 Å². The van der Waals surface area contributed by atoms with Crippen LogP contribution in [0.25, 0.3) is 0 Å². The van der Waals surface area contributed by atoms with Crippen molar-refractivity contribution in [1.82, 2.24) is 0 Å². The Morgan fingerprint density at radius 2 is 1.64 bits per heavy atom. The number of aliphatic carboxylic acids is 1. The van der Waals surface area contributed by atoms with E-state index in [2.05, 4.69) is 5.32 Å². The van der Waals surface area contributed by atoms with Crippen LogP contribution in [0.1, 0.15) is 42.9 Å². The molecule has 0 spiro atoms. The standard InChI is InChI=1S/C20H23NO4/c22-18(16-6-2-1-3-7-16)13-14-19(23)21-17-11-9-15(10-12-17)5-4-8-20(24)25/h1-3,6-7,9-12,18,22H,4-5,8,13-14H2,(H,21,23)(H,24,25). The fourth-order valence-corrected chi connectivity index (χ4v) is 2.53. The summed E-state index contributed by atoms with van der Waals surface area (Å²) in [6.07, 6.45) is 1.40. The van der Waals surface area contributed by atoms with Gasteiger partial charge in [-0.2, -0.15) is 0 Å². The predicted octanol–water partition coefficient (Wildman–Crippen LogP) is 3.55. The van der Waals surface area contributed by atoms with Gasteiger partial charge in [-0.25, -0.2) is 0 Å². The molecule has 0 aliphatic rings. The van der Waals surface area contributed by atoms with E-state index in [1.165, 1.54) is 0 Å². The Hall–Kier alpha value is -2.66. The Kier molecular flexibility index (Phi) is 7.16. The molecule has 0 fully saturated rings. The van der Waals surface area contributed by atoms with Crippen LogP contribution in [0.2, 0.25) is 0 Å². The zero-order chi connectivity index (χ0) is 18.1. The van der Waals surface area contributed by atoms with Crippen LogP contribution in [-0.2, 0) is 16.0 Å². The lowest BCUT2D eigenvalue weighted by Crippen LogP contribution is -2.13. The number of carboxylic acids is 1. The number of aryl methyl sites for hydroxylation is 1. The minimum absolute atomic E-state index is 0.145. The van der Waals surface area contributed by atoms with Gasteiger partial charge in [-0.05, 0) is 42.5 Å². The Labute approximate surface area is 147 Å². The molecule has 2 aromatic rings. The molecule has 132 valence electrons. The molecule has 1 unspecified atom stereocenters. The molecule has 25 heavy (non-hydrogen) atoms. The van der Waals surface area contributed by atoms with E-state index in [9.17, 15) is 14.7 Å². The lowest BCUT2D eigenvalue weighted by atomic mass is 10.0. The van der Waals surface area contributed by atoms with Crippen LogP contribution in [-0.4, -0.2) is 22.1 Å².